The van der Waals surface area contributed by atoms with Gasteiger partial charge in [0.15, 0.2) is 0 Å². The maximum atomic E-state index is 10.4. The molecular weight excluding hydrogens is 410 g/mol. The summed E-state index contributed by atoms with van der Waals surface area (Å²) in [6, 6.07) is 0. The van der Waals surface area contributed by atoms with E-state index in [4.69, 9.17) is 4.74 Å². The maximum Gasteiger partial charge on any atom is 0.108 e. The fourth-order valence-corrected chi connectivity index (χ4v) is 5.04. The summed E-state index contributed by atoms with van der Waals surface area (Å²) in [6.45, 7) is 7.60. The second-order valence-electron chi connectivity index (χ2n) is 10.6. The van der Waals surface area contributed by atoms with Gasteiger partial charge in [0.25, 0.3) is 0 Å². The van der Waals surface area contributed by atoms with Crippen molar-refractivity contribution in [2.45, 2.75) is 161 Å². The molecule has 1 saturated heterocycles. The van der Waals surface area contributed by atoms with Crippen LogP contribution in [-0.4, -0.2) is 59.7 Å². The molecule has 1 heterocycles. The molecule has 1 rings (SSSR count). The van der Waals surface area contributed by atoms with Crippen LogP contribution in [0.2, 0.25) is 0 Å². The van der Waals surface area contributed by atoms with Gasteiger partial charge in [-0.15, -0.1) is 0 Å². The highest BCUT2D eigenvalue weighted by molar-refractivity contribution is 4.87. The molecule has 0 aromatic carbocycles. The van der Waals surface area contributed by atoms with Crippen LogP contribution in [0.5, 0.6) is 0 Å². The number of unbranched alkanes of at least 4 members (excludes halogenated alkanes) is 18. The molecule has 198 valence electrons. The lowest BCUT2D eigenvalue weighted by Gasteiger charge is -2.39. The Morgan fingerprint density at radius 1 is 0.576 bits per heavy atom. The monoisotopic (exact) mass is 469 g/mol. The van der Waals surface area contributed by atoms with Crippen LogP contribution >= 0.6 is 0 Å². The summed E-state index contributed by atoms with van der Waals surface area (Å²) in [5.41, 5.74) is 0. The molecule has 0 radical (unpaired) electrons. The number of rotatable bonds is 23. The summed E-state index contributed by atoms with van der Waals surface area (Å²) in [6.07, 6.45) is 24.9. The van der Waals surface area contributed by atoms with Crippen LogP contribution in [0.15, 0.2) is 0 Å². The third-order valence-corrected chi connectivity index (χ3v) is 7.32. The van der Waals surface area contributed by atoms with Crippen LogP contribution in [0.25, 0.3) is 0 Å². The van der Waals surface area contributed by atoms with Gasteiger partial charge in [-0.3, -0.25) is 4.90 Å². The quantitative estimate of drug-likeness (QED) is 0.155. The topological polar surface area (TPSA) is 52.9 Å². The van der Waals surface area contributed by atoms with Crippen LogP contribution in [-0.2, 0) is 4.74 Å². The first-order valence-corrected chi connectivity index (χ1v) is 14.9. The lowest BCUT2D eigenvalue weighted by atomic mass is 10.0. The Morgan fingerprint density at radius 3 is 1.48 bits per heavy atom. The predicted molar refractivity (Wildman–Crippen MR) is 142 cm³/mol. The third kappa shape index (κ3) is 17.0. The first-order valence-electron chi connectivity index (χ1n) is 14.9. The number of piperidine rings is 1. The van der Waals surface area contributed by atoms with E-state index in [1.54, 1.807) is 0 Å². The second kappa shape index (κ2) is 22.3. The van der Waals surface area contributed by atoms with Crippen molar-refractivity contribution in [2.75, 3.05) is 26.2 Å². The van der Waals surface area contributed by atoms with Crippen LogP contribution in [0, 0.1) is 0 Å². The molecular formula is C29H59NO3. The van der Waals surface area contributed by atoms with Crippen molar-refractivity contribution >= 4 is 0 Å². The lowest BCUT2D eigenvalue weighted by molar-refractivity contribution is -0.134. The number of β-amino-alcohol motifs (C(OH)–C–C–N with tert-alkyl or cyclic N) is 1. The molecule has 1 aliphatic rings. The largest absolute Gasteiger partial charge is 0.389 e. The number of ether oxygens (including phenoxy) is 1. The fourth-order valence-electron chi connectivity index (χ4n) is 5.04. The summed E-state index contributed by atoms with van der Waals surface area (Å²) < 4.78 is 6.02. The number of hydrogen-bond acceptors (Lipinski definition) is 4. The number of nitrogens with zero attached hydrogens (tertiary/aromatic N) is 1. The van der Waals surface area contributed by atoms with Crippen LogP contribution in [0.3, 0.4) is 0 Å². The van der Waals surface area contributed by atoms with E-state index < -0.39 is 12.2 Å². The highest BCUT2D eigenvalue weighted by atomic mass is 16.5. The molecule has 4 nitrogen and oxygen atoms in total. The Kier molecular flexibility index (Phi) is 20.9. The van der Waals surface area contributed by atoms with Gasteiger partial charge in [-0.2, -0.15) is 0 Å². The highest BCUT2D eigenvalue weighted by Crippen LogP contribution is 2.18. The van der Waals surface area contributed by atoms with Crippen LogP contribution in [0.4, 0.5) is 0 Å². The van der Waals surface area contributed by atoms with E-state index in [0.717, 1.165) is 19.5 Å². The zero-order valence-electron chi connectivity index (χ0n) is 22.5. The van der Waals surface area contributed by atoms with Gasteiger partial charge in [0.1, 0.15) is 6.10 Å². The molecule has 0 amide bonds. The van der Waals surface area contributed by atoms with E-state index in [0.29, 0.717) is 13.2 Å². The SMILES string of the molecule is CCCCCCCCCCCCO[C@@H]1CN(CCCCCCCCCCCC)C[C@@H](O)[C@@H]1O. The molecule has 0 aromatic rings. The number of aliphatic hydroxyl groups excluding tert-OH is 2. The first kappa shape index (κ1) is 30.9. The van der Waals surface area contributed by atoms with Gasteiger partial charge in [-0.05, 0) is 19.4 Å². The smallest absolute Gasteiger partial charge is 0.108 e. The molecule has 4 heteroatoms. The van der Waals surface area contributed by atoms with E-state index in [-0.39, 0.29) is 6.10 Å². The van der Waals surface area contributed by atoms with E-state index in [1.165, 1.54) is 122 Å². The fraction of sp³-hybridized carbons (Fsp3) is 1.00. The van der Waals surface area contributed by atoms with E-state index in [9.17, 15) is 10.2 Å². The van der Waals surface area contributed by atoms with Crippen molar-refractivity contribution in [1.82, 2.24) is 4.90 Å². The van der Waals surface area contributed by atoms with Gasteiger partial charge in [-0.1, -0.05) is 129 Å². The third-order valence-electron chi connectivity index (χ3n) is 7.32. The van der Waals surface area contributed by atoms with Crippen LogP contribution in [0.1, 0.15) is 142 Å². The first-order chi connectivity index (χ1) is 16.2. The lowest BCUT2D eigenvalue weighted by Crippen LogP contribution is -2.56. The van der Waals surface area contributed by atoms with Crippen molar-refractivity contribution in [3.63, 3.8) is 0 Å². The Hall–Kier alpha value is -0.160. The summed E-state index contributed by atoms with van der Waals surface area (Å²) in [5.74, 6) is 0. The number of likely N-dealkylation sites (tertiary alicyclic amines) is 1. The minimum Gasteiger partial charge on any atom is -0.389 e. The van der Waals surface area contributed by atoms with Gasteiger partial charge < -0.3 is 14.9 Å². The summed E-state index contributed by atoms with van der Waals surface area (Å²) >= 11 is 0. The highest BCUT2D eigenvalue weighted by Gasteiger charge is 2.34. The van der Waals surface area contributed by atoms with Gasteiger partial charge >= 0.3 is 0 Å². The van der Waals surface area contributed by atoms with E-state index in [1.807, 2.05) is 0 Å². The Balaban J connectivity index is 2.01. The minimum absolute atomic E-state index is 0.240. The Labute approximate surface area is 206 Å². The van der Waals surface area contributed by atoms with Gasteiger partial charge in [0.2, 0.25) is 0 Å². The molecule has 0 aliphatic carbocycles. The number of aliphatic hydroxyl groups is 2. The number of hydrogen-bond donors (Lipinski definition) is 2. The molecule has 0 unspecified atom stereocenters. The predicted octanol–water partition coefficient (Wildman–Crippen LogP) is 7.25. The van der Waals surface area contributed by atoms with Crippen LogP contribution < -0.4 is 0 Å². The Morgan fingerprint density at radius 2 is 1.00 bits per heavy atom. The normalized spacial score (nSPS) is 21.6. The molecule has 2 N–H and O–H groups in total. The molecule has 1 aliphatic heterocycles. The second-order valence-corrected chi connectivity index (χ2v) is 10.6. The maximum absolute atomic E-state index is 10.4. The zero-order valence-corrected chi connectivity index (χ0v) is 22.5. The molecule has 3 atom stereocenters. The summed E-state index contributed by atoms with van der Waals surface area (Å²) in [4.78, 5) is 2.30. The van der Waals surface area contributed by atoms with Crippen molar-refractivity contribution in [3.05, 3.63) is 0 Å². The van der Waals surface area contributed by atoms with Crippen molar-refractivity contribution in [3.8, 4) is 0 Å². The molecule has 0 bridgehead atoms. The summed E-state index contributed by atoms with van der Waals surface area (Å²) in [5, 5.41) is 20.6. The Bertz CT molecular complexity index is 406. The minimum atomic E-state index is -0.739. The van der Waals surface area contributed by atoms with Gasteiger partial charge in [0, 0.05) is 19.7 Å². The molecule has 0 saturated carbocycles. The average Bonchev–Trinajstić information content (AvgIpc) is 2.81. The standard InChI is InChI=1S/C29H59NO3/c1-3-5-7-9-11-13-15-17-19-21-23-30-25-27(31)29(32)28(26-30)33-24-22-20-18-16-14-12-10-8-6-4-2/h27-29,31-32H,3-26H2,1-2H3/t27-,28-,29+/m1/s1. The molecule has 0 spiro atoms. The van der Waals surface area contributed by atoms with E-state index in [2.05, 4.69) is 18.7 Å². The molecule has 33 heavy (non-hydrogen) atoms. The van der Waals surface area contributed by atoms with Crippen molar-refractivity contribution in [2.24, 2.45) is 0 Å². The van der Waals surface area contributed by atoms with Crippen molar-refractivity contribution < 1.29 is 14.9 Å². The average molecular weight is 470 g/mol. The van der Waals surface area contributed by atoms with E-state index >= 15 is 0 Å². The summed E-state index contributed by atoms with van der Waals surface area (Å²) in [7, 11) is 0. The van der Waals surface area contributed by atoms with Gasteiger partial charge in [-0.25, -0.2) is 0 Å². The molecule has 1 fully saturated rings. The van der Waals surface area contributed by atoms with Crippen molar-refractivity contribution in [1.29, 1.82) is 0 Å². The molecule has 0 aromatic heterocycles. The zero-order chi connectivity index (χ0) is 24.0. The van der Waals surface area contributed by atoms with Gasteiger partial charge in [0.05, 0.1) is 12.2 Å².